The Morgan fingerprint density at radius 3 is 2.07 bits per heavy atom. The van der Waals surface area contributed by atoms with Gasteiger partial charge in [-0.15, -0.1) is 35.8 Å². The molecule has 0 aromatic rings. The van der Waals surface area contributed by atoms with Crippen molar-refractivity contribution in [1.82, 2.24) is 10.2 Å². The molecule has 0 spiro atoms. The summed E-state index contributed by atoms with van der Waals surface area (Å²) in [6.45, 7) is 7.00. The number of thioether (sulfide) groups is 1. The van der Waals surface area contributed by atoms with E-state index in [4.69, 9.17) is 21.1 Å². The average Bonchev–Trinajstić information content (AvgIpc) is 3.35. The highest BCUT2D eigenvalue weighted by Gasteiger charge is 2.50. The van der Waals surface area contributed by atoms with Crippen molar-refractivity contribution in [3.8, 4) is 0 Å². The molecule has 5 unspecified atom stereocenters. The number of halogens is 2. The van der Waals surface area contributed by atoms with Crippen LogP contribution >= 0.6 is 35.8 Å². The Labute approximate surface area is 282 Å². The third-order valence-electron chi connectivity index (χ3n) is 9.11. The number of likely N-dealkylation sites (tertiary alicyclic amines) is 1. The van der Waals surface area contributed by atoms with Crippen LogP contribution < -0.4 is 5.32 Å². The average molecular weight is 686 g/mol. The molecule has 0 radical (unpaired) electrons. The standard InChI is InChI=1S/C33H61ClN2O6S.ClH/c1-6-8-9-10-11-12-13-14-15-16-17-18-20-26(37)41-31-29(39)28(38)30(42-33(31)43-5)27(23(3)34)35-32(40)25-21-24(19-7-2)22-36(25)4;/h23-25,27-31,33,38-39H,6-22H2,1-5H3,(H,35,40);1H/t23-,24+,25-,27+,28?,29?,30?,31?,33?;/m0./s1. The molecule has 2 rings (SSSR count). The molecule has 8 nitrogen and oxygen atoms in total. The highest BCUT2D eigenvalue weighted by Crippen LogP contribution is 2.33. The quantitative estimate of drug-likeness (QED) is 0.0719. The molecule has 0 aliphatic carbocycles. The first kappa shape index (κ1) is 41.7. The molecule has 2 saturated heterocycles. The Kier molecular flexibility index (Phi) is 21.9. The molecule has 2 aliphatic rings. The molecule has 1 amide bonds. The molecule has 0 bridgehead atoms. The summed E-state index contributed by atoms with van der Waals surface area (Å²) in [6.07, 6.45) is 14.8. The van der Waals surface area contributed by atoms with Crippen LogP contribution in [0.2, 0.25) is 0 Å². The highest BCUT2D eigenvalue weighted by atomic mass is 35.5. The SMILES string of the molecule is CCCCCCCCCCCCCCC(=O)OC1C(SC)OC([C@H](NC(=O)[C@@H]2C[C@@H](CCC)CN2C)[C@H](C)Cl)C(O)C1O.Cl. The van der Waals surface area contributed by atoms with Crippen molar-refractivity contribution in [1.29, 1.82) is 0 Å². The zero-order chi connectivity index (χ0) is 31.8. The fraction of sp³-hybridized carbons (Fsp3) is 0.939. The first-order chi connectivity index (χ1) is 20.6. The highest BCUT2D eigenvalue weighted by molar-refractivity contribution is 7.99. The van der Waals surface area contributed by atoms with E-state index in [0.717, 1.165) is 45.1 Å². The smallest absolute Gasteiger partial charge is 0.306 e. The third-order valence-corrected chi connectivity index (χ3v) is 10.2. The molecular weight excluding hydrogens is 623 g/mol. The Bertz CT molecular complexity index is 795. The molecule has 44 heavy (non-hydrogen) atoms. The summed E-state index contributed by atoms with van der Waals surface area (Å²) in [4.78, 5) is 28.0. The number of hydrogen-bond acceptors (Lipinski definition) is 8. The molecule has 9 atom stereocenters. The van der Waals surface area contributed by atoms with Crippen molar-refractivity contribution >= 4 is 47.6 Å². The van der Waals surface area contributed by atoms with Gasteiger partial charge in [0.05, 0.1) is 17.5 Å². The number of amides is 1. The Morgan fingerprint density at radius 2 is 1.55 bits per heavy atom. The summed E-state index contributed by atoms with van der Waals surface area (Å²) in [5.74, 6) is -0.0753. The zero-order valence-corrected chi connectivity index (χ0v) is 30.3. The van der Waals surface area contributed by atoms with Crippen LogP contribution in [0.25, 0.3) is 0 Å². The predicted molar refractivity (Wildman–Crippen MR) is 184 cm³/mol. The first-order valence-electron chi connectivity index (χ1n) is 17.0. The fourth-order valence-corrected chi connectivity index (χ4v) is 7.47. The second kappa shape index (κ2) is 23.1. The van der Waals surface area contributed by atoms with Gasteiger partial charge in [-0.2, -0.15) is 0 Å². The van der Waals surface area contributed by atoms with Gasteiger partial charge in [0.15, 0.2) is 6.10 Å². The van der Waals surface area contributed by atoms with Gasteiger partial charge in [-0.1, -0.05) is 90.9 Å². The van der Waals surface area contributed by atoms with Crippen molar-refractivity contribution in [3.05, 3.63) is 0 Å². The maximum Gasteiger partial charge on any atom is 0.306 e. The number of hydrogen-bond donors (Lipinski definition) is 3. The van der Waals surface area contributed by atoms with Crippen molar-refractivity contribution in [2.24, 2.45) is 5.92 Å². The number of carbonyl (C=O) groups excluding carboxylic acids is 2. The van der Waals surface area contributed by atoms with E-state index in [-0.39, 0.29) is 30.8 Å². The van der Waals surface area contributed by atoms with Gasteiger partial charge in [-0.05, 0) is 45.4 Å². The number of aliphatic hydroxyl groups excluding tert-OH is 2. The molecule has 11 heteroatoms. The van der Waals surface area contributed by atoms with Gasteiger partial charge in [-0.25, -0.2) is 0 Å². The number of nitrogens with zero attached hydrogens (tertiary/aromatic N) is 1. The van der Waals surface area contributed by atoms with E-state index in [2.05, 4.69) is 24.1 Å². The van der Waals surface area contributed by atoms with Crippen LogP contribution in [0, 0.1) is 5.92 Å². The number of alkyl halides is 1. The Morgan fingerprint density at radius 1 is 0.977 bits per heavy atom. The summed E-state index contributed by atoms with van der Waals surface area (Å²) < 4.78 is 11.8. The monoisotopic (exact) mass is 684 g/mol. The minimum Gasteiger partial charge on any atom is -0.456 e. The zero-order valence-electron chi connectivity index (χ0n) is 27.9. The molecule has 260 valence electrons. The second-order valence-electron chi connectivity index (χ2n) is 12.8. The molecule has 0 aromatic heterocycles. The van der Waals surface area contributed by atoms with Crippen molar-refractivity contribution in [2.45, 2.75) is 171 Å². The van der Waals surface area contributed by atoms with Crippen LogP contribution in [-0.2, 0) is 19.1 Å². The van der Waals surface area contributed by atoms with Gasteiger partial charge in [0, 0.05) is 13.0 Å². The third kappa shape index (κ3) is 13.8. The molecule has 2 aliphatic heterocycles. The number of carbonyl (C=O) groups is 2. The van der Waals surface area contributed by atoms with Crippen LogP contribution in [0.3, 0.4) is 0 Å². The number of likely N-dealkylation sites (N-methyl/N-ethyl adjacent to an activating group) is 1. The van der Waals surface area contributed by atoms with Crippen LogP contribution in [0.1, 0.15) is 124 Å². The largest absolute Gasteiger partial charge is 0.456 e. The van der Waals surface area contributed by atoms with Crippen LogP contribution in [0.15, 0.2) is 0 Å². The second-order valence-corrected chi connectivity index (χ2v) is 14.5. The van der Waals surface area contributed by atoms with Crippen LogP contribution in [0.5, 0.6) is 0 Å². The Balaban J connectivity index is 0.00000968. The van der Waals surface area contributed by atoms with E-state index < -0.39 is 47.2 Å². The lowest BCUT2D eigenvalue weighted by Crippen LogP contribution is -2.65. The number of ether oxygens (including phenoxy) is 2. The maximum atomic E-state index is 13.3. The topological polar surface area (TPSA) is 108 Å². The van der Waals surface area contributed by atoms with Gasteiger partial charge in [0.1, 0.15) is 23.7 Å². The van der Waals surface area contributed by atoms with E-state index >= 15 is 0 Å². The van der Waals surface area contributed by atoms with Crippen molar-refractivity contribution < 1.29 is 29.3 Å². The lowest BCUT2D eigenvalue weighted by Gasteiger charge is -2.45. The molecular formula is C33H62Cl2N2O6S. The minimum absolute atomic E-state index is 0. The van der Waals surface area contributed by atoms with E-state index in [1.807, 2.05) is 7.05 Å². The molecule has 3 N–H and O–H groups in total. The lowest BCUT2D eigenvalue weighted by atomic mass is 9.92. The molecule has 0 aromatic carbocycles. The molecule has 2 heterocycles. The number of unbranched alkanes of at least 4 members (excludes halogenated alkanes) is 11. The number of esters is 1. The van der Waals surface area contributed by atoms with Crippen molar-refractivity contribution in [3.63, 3.8) is 0 Å². The van der Waals surface area contributed by atoms with Crippen LogP contribution in [-0.4, -0.2) is 94.2 Å². The van der Waals surface area contributed by atoms with Gasteiger partial charge >= 0.3 is 5.97 Å². The summed E-state index contributed by atoms with van der Waals surface area (Å²) in [7, 11) is 1.95. The molecule has 2 fully saturated rings. The Hall–Kier alpha value is -0.290. The summed E-state index contributed by atoms with van der Waals surface area (Å²) in [6, 6.07) is -1.00. The van der Waals surface area contributed by atoms with Gasteiger partial charge in [-0.3, -0.25) is 14.5 Å². The van der Waals surface area contributed by atoms with E-state index in [9.17, 15) is 19.8 Å². The lowest BCUT2D eigenvalue weighted by molar-refractivity contribution is -0.218. The number of aliphatic hydroxyl groups is 2. The normalized spacial score (nSPS) is 28.7. The van der Waals surface area contributed by atoms with E-state index in [1.165, 1.54) is 69.5 Å². The van der Waals surface area contributed by atoms with Gasteiger partial charge < -0.3 is 25.0 Å². The van der Waals surface area contributed by atoms with Gasteiger partial charge in [0.25, 0.3) is 0 Å². The van der Waals surface area contributed by atoms with E-state index in [0.29, 0.717) is 5.92 Å². The van der Waals surface area contributed by atoms with E-state index in [1.54, 1.807) is 13.2 Å². The minimum atomic E-state index is -1.38. The summed E-state index contributed by atoms with van der Waals surface area (Å²) >= 11 is 7.81. The maximum absolute atomic E-state index is 13.3. The molecule has 0 saturated carbocycles. The summed E-state index contributed by atoms with van der Waals surface area (Å²) in [5.41, 5.74) is -0.702. The fourth-order valence-electron chi connectivity index (χ4n) is 6.54. The predicted octanol–water partition coefficient (Wildman–Crippen LogP) is 6.45. The number of rotatable bonds is 21. The first-order valence-corrected chi connectivity index (χ1v) is 18.7. The summed E-state index contributed by atoms with van der Waals surface area (Å²) in [5, 5.41) is 24.6. The van der Waals surface area contributed by atoms with Crippen molar-refractivity contribution in [2.75, 3.05) is 19.8 Å². The van der Waals surface area contributed by atoms with Crippen LogP contribution in [0.4, 0.5) is 0 Å². The van der Waals surface area contributed by atoms with Gasteiger partial charge in [0.2, 0.25) is 5.91 Å². The number of nitrogens with one attached hydrogen (secondary N) is 1.